The zero-order valence-corrected chi connectivity index (χ0v) is 14.7. The van der Waals surface area contributed by atoms with Gasteiger partial charge in [-0.25, -0.2) is 0 Å². The maximum Gasteiger partial charge on any atom is 0.231 e. The van der Waals surface area contributed by atoms with Gasteiger partial charge in [-0.1, -0.05) is 31.9 Å². The number of hydrogen-bond donors (Lipinski definition) is 0. The Morgan fingerprint density at radius 3 is 2.60 bits per heavy atom. The van der Waals surface area contributed by atoms with Crippen molar-refractivity contribution in [3.63, 3.8) is 0 Å². The van der Waals surface area contributed by atoms with Crippen LogP contribution in [-0.4, -0.2) is 31.4 Å². The summed E-state index contributed by atoms with van der Waals surface area (Å²) >= 11 is 7.18. The fourth-order valence-electron chi connectivity index (χ4n) is 2.00. The van der Waals surface area contributed by atoms with E-state index in [2.05, 4.69) is 38.8 Å². The molecule has 1 aromatic carbocycles. The SMILES string of the molecule is CCOCCOC(c1cc2c(cc1Br)OCO2)C(C)Br. The molecule has 0 saturated heterocycles. The van der Waals surface area contributed by atoms with E-state index in [0.717, 1.165) is 21.5 Å². The molecule has 1 aromatic rings. The lowest BCUT2D eigenvalue weighted by molar-refractivity contribution is 0.00779. The molecule has 0 amide bonds. The number of halogens is 2. The summed E-state index contributed by atoms with van der Waals surface area (Å²) in [4.78, 5) is 0.167. The van der Waals surface area contributed by atoms with Gasteiger partial charge in [0.25, 0.3) is 0 Å². The van der Waals surface area contributed by atoms with Crippen LogP contribution in [0.3, 0.4) is 0 Å². The highest BCUT2D eigenvalue weighted by Gasteiger charge is 2.24. The molecule has 4 nitrogen and oxygen atoms in total. The lowest BCUT2D eigenvalue weighted by atomic mass is 10.1. The molecule has 2 rings (SSSR count). The minimum Gasteiger partial charge on any atom is -0.454 e. The van der Waals surface area contributed by atoms with Crippen LogP contribution in [-0.2, 0) is 9.47 Å². The van der Waals surface area contributed by atoms with Crippen molar-refractivity contribution in [2.75, 3.05) is 26.6 Å². The van der Waals surface area contributed by atoms with E-state index in [-0.39, 0.29) is 17.7 Å². The van der Waals surface area contributed by atoms with Crippen molar-refractivity contribution in [1.29, 1.82) is 0 Å². The van der Waals surface area contributed by atoms with Crippen LogP contribution in [0.15, 0.2) is 16.6 Å². The fraction of sp³-hybridized carbons (Fsp3) is 0.571. The molecule has 0 saturated carbocycles. The average Bonchev–Trinajstić information content (AvgIpc) is 2.85. The van der Waals surface area contributed by atoms with Crippen molar-refractivity contribution >= 4 is 31.9 Å². The van der Waals surface area contributed by atoms with Crippen molar-refractivity contribution < 1.29 is 18.9 Å². The summed E-state index contributed by atoms with van der Waals surface area (Å²) in [6, 6.07) is 3.89. The molecule has 1 aliphatic heterocycles. The molecule has 20 heavy (non-hydrogen) atoms. The molecule has 0 aliphatic carbocycles. The summed E-state index contributed by atoms with van der Waals surface area (Å²) < 4.78 is 23.0. The lowest BCUT2D eigenvalue weighted by Gasteiger charge is -2.22. The Morgan fingerprint density at radius 1 is 1.25 bits per heavy atom. The highest BCUT2D eigenvalue weighted by Crippen LogP contribution is 2.41. The van der Waals surface area contributed by atoms with Crippen LogP contribution in [0.2, 0.25) is 0 Å². The first kappa shape index (κ1) is 16.1. The minimum atomic E-state index is -0.0840. The minimum absolute atomic E-state index is 0.0840. The molecule has 0 spiro atoms. The van der Waals surface area contributed by atoms with E-state index in [9.17, 15) is 0 Å². The molecule has 0 fully saturated rings. The van der Waals surface area contributed by atoms with Crippen LogP contribution < -0.4 is 9.47 Å². The predicted octanol–water partition coefficient (Wildman–Crippen LogP) is 4.06. The van der Waals surface area contributed by atoms with Crippen molar-refractivity contribution in [1.82, 2.24) is 0 Å². The topological polar surface area (TPSA) is 36.9 Å². The third kappa shape index (κ3) is 3.87. The van der Waals surface area contributed by atoms with E-state index in [0.29, 0.717) is 19.8 Å². The van der Waals surface area contributed by atoms with Crippen molar-refractivity contribution in [2.45, 2.75) is 24.8 Å². The Balaban J connectivity index is 2.12. The molecular formula is C14H18Br2O4. The van der Waals surface area contributed by atoms with Gasteiger partial charge in [0.1, 0.15) is 0 Å². The van der Waals surface area contributed by atoms with Gasteiger partial charge < -0.3 is 18.9 Å². The lowest BCUT2D eigenvalue weighted by Crippen LogP contribution is -2.17. The van der Waals surface area contributed by atoms with Crippen molar-refractivity contribution in [2.24, 2.45) is 0 Å². The molecule has 2 unspecified atom stereocenters. The summed E-state index contributed by atoms with van der Waals surface area (Å²) in [5.74, 6) is 1.52. The standard InChI is InChI=1S/C14H18Br2O4/c1-3-17-4-5-18-14(9(2)15)10-6-12-13(7-11(10)16)20-8-19-12/h6-7,9,14H,3-5,8H2,1-2H3. The number of alkyl halides is 1. The zero-order valence-electron chi connectivity index (χ0n) is 11.5. The van der Waals surface area contributed by atoms with Crippen LogP contribution in [0.1, 0.15) is 25.5 Å². The molecular weight excluding hydrogens is 392 g/mol. The second kappa shape index (κ2) is 7.64. The number of rotatable bonds is 7. The third-order valence-corrected chi connectivity index (χ3v) is 4.11. The van der Waals surface area contributed by atoms with Gasteiger partial charge in [-0.15, -0.1) is 0 Å². The number of hydrogen-bond acceptors (Lipinski definition) is 4. The van der Waals surface area contributed by atoms with E-state index in [1.807, 2.05) is 19.1 Å². The number of ether oxygens (including phenoxy) is 4. The van der Waals surface area contributed by atoms with E-state index < -0.39 is 0 Å². The van der Waals surface area contributed by atoms with Gasteiger partial charge in [0.2, 0.25) is 6.79 Å². The molecule has 0 aromatic heterocycles. The second-order valence-corrected chi connectivity index (χ2v) is 6.69. The highest BCUT2D eigenvalue weighted by molar-refractivity contribution is 9.10. The third-order valence-electron chi connectivity index (χ3n) is 2.94. The van der Waals surface area contributed by atoms with Crippen LogP contribution in [0, 0.1) is 0 Å². The monoisotopic (exact) mass is 408 g/mol. The Bertz CT molecular complexity index is 451. The highest BCUT2D eigenvalue weighted by atomic mass is 79.9. The molecule has 0 bridgehead atoms. The molecule has 1 heterocycles. The van der Waals surface area contributed by atoms with Gasteiger partial charge in [0, 0.05) is 21.5 Å². The largest absolute Gasteiger partial charge is 0.454 e. The van der Waals surface area contributed by atoms with Crippen molar-refractivity contribution in [3.8, 4) is 11.5 Å². The normalized spacial score (nSPS) is 16.2. The average molecular weight is 410 g/mol. The van der Waals surface area contributed by atoms with E-state index in [1.165, 1.54) is 0 Å². The van der Waals surface area contributed by atoms with Gasteiger partial charge in [-0.2, -0.15) is 0 Å². The van der Waals surface area contributed by atoms with Crippen LogP contribution in [0.25, 0.3) is 0 Å². The van der Waals surface area contributed by atoms with Gasteiger partial charge in [-0.05, 0) is 26.0 Å². The first-order chi connectivity index (χ1) is 9.63. The Labute approximate surface area is 136 Å². The summed E-state index contributed by atoms with van der Waals surface area (Å²) in [7, 11) is 0. The maximum atomic E-state index is 5.93. The number of benzene rings is 1. The molecule has 2 atom stereocenters. The van der Waals surface area contributed by atoms with E-state index in [1.54, 1.807) is 0 Å². The molecule has 1 aliphatic rings. The smallest absolute Gasteiger partial charge is 0.231 e. The summed E-state index contributed by atoms with van der Waals surface area (Å²) in [6.07, 6.45) is -0.0840. The van der Waals surface area contributed by atoms with Gasteiger partial charge in [0.15, 0.2) is 11.5 Å². The Hall–Kier alpha value is -0.300. The van der Waals surface area contributed by atoms with Gasteiger partial charge in [-0.3, -0.25) is 0 Å². The predicted molar refractivity (Wildman–Crippen MR) is 83.8 cm³/mol. The summed E-state index contributed by atoms with van der Waals surface area (Å²) in [6.45, 7) is 6.14. The Morgan fingerprint density at radius 2 is 1.95 bits per heavy atom. The molecule has 0 N–H and O–H groups in total. The quantitative estimate of drug-likeness (QED) is 0.502. The molecule has 6 heteroatoms. The van der Waals surface area contributed by atoms with E-state index >= 15 is 0 Å². The fourth-order valence-corrected chi connectivity index (χ4v) is 2.98. The van der Waals surface area contributed by atoms with Crippen LogP contribution in [0.4, 0.5) is 0 Å². The molecule has 112 valence electrons. The van der Waals surface area contributed by atoms with Crippen molar-refractivity contribution in [3.05, 3.63) is 22.2 Å². The van der Waals surface area contributed by atoms with Gasteiger partial charge >= 0.3 is 0 Å². The van der Waals surface area contributed by atoms with Crippen LogP contribution in [0.5, 0.6) is 11.5 Å². The Kier molecular flexibility index (Phi) is 6.14. The van der Waals surface area contributed by atoms with E-state index in [4.69, 9.17) is 18.9 Å². The first-order valence-electron chi connectivity index (χ1n) is 6.56. The molecule has 0 radical (unpaired) electrons. The summed E-state index contributed by atoms with van der Waals surface area (Å²) in [5, 5.41) is 0. The van der Waals surface area contributed by atoms with Gasteiger partial charge in [0.05, 0.1) is 19.3 Å². The van der Waals surface area contributed by atoms with Crippen LogP contribution >= 0.6 is 31.9 Å². The first-order valence-corrected chi connectivity index (χ1v) is 8.26. The zero-order chi connectivity index (χ0) is 14.5. The second-order valence-electron chi connectivity index (χ2n) is 4.39. The summed E-state index contributed by atoms with van der Waals surface area (Å²) in [5.41, 5.74) is 1.04. The number of fused-ring (bicyclic) bond motifs is 1. The maximum absolute atomic E-state index is 5.93.